The van der Waals surface area contributed by atoms with Gasteiger partial charge in [0.1, 0.15) is 35.9 Å². The lowest BCUT2D eigenvalue weighted by atomic mass is 10.0. The number of hydrogen-bond donors (Lipinski definition) is 9. The summed E-state index contributed by atoms with van der Waals surface area (Å²) in [6, 6.07) is -1.46. The van der Waals surface area contributed by atoms with Gasteiger partial charge in [-0.15, -0.1) is 0 Å². The molecule has 0 rings (SSSR count). The van der Waals surface area contributed by atoms with Crippen LogP contribution in [0.5, 0.6) is 0 Å². The molecule has 0 fully saturated rings. The van der Waals surface area contributed by atoms with Gasteiger partial charge in [-0.25, -0.2) is 9.59 Å². The molecular weight excluding hydrogens is 572 g/mol. The number of methoxy groups -OCH3 is 1. The maximum Gasteiger partial charge on any atom is 0.407 e. The Labute approximate surface area is 253 Å². The number of hydrogen-bond acceptors (Lipinski definition) is 13. The average molecular weight is 627 g/mol. The van der Waals surface area contributed by atoms with Crippen LogP contribution in [0.25, 0.3) is 0 Å². The monoisotopic (exact) mass is 626 g/mol. The van der Waals surface area contributed by atoms with Crippen LogP contribution in [0.2, 0.25) is 0 Å². The van der Waals surface area contributed by atoms with Crippen LogP contribution in [-0.2, 0) is 23.8 Å². The first-order chi connectivity index (χ1) is 19.7. The van der Waals surface area contributed by atoms with Crippen molar-refractivity contribution in [2.45, 2.75) is 129 Å². The third-order valence-electron chi connectivity index (χ3n) is 5.22. The van der Waals surface area contributed by atoms with Crippen molar-refractivity contribution in [3.63, 3.8) is 0 Å². The number of carboxylic acids is 1. The first-order valence-electron chi connectivity index (χ1n) is 14.1. The first-order valence-corrected chi connectivity index (χ1v) is 14.1. The van der Waals surface area contributed by atoms with Crippen LogP contribution in [0.4, 0.5) is 9.59 Å². The third-order valence-corrected chi connectivity index (χ3v) is 5.22. The molecule has 16 nitrogen and oxygen atoms in total. The molecule has 0 aliphatic carbocycles. The van der Waals surface area contributed by atoms with E-state index in [9.17, 15) is 39.6 Å². The fourth-order valence-corrected chi connectivity index (χ4v) is 3.33. The quantitative estimate of drug-likeness (QED) is 0.0629. The van der Waals surface area contributed by atoms with E-state index < -0.39 is 78.6 Å². The summed E-state index contributed by atoms with van der Waals surface area (Å²) in [5.41, 5.74) is -1.33. The van der Waals surface area contributed by atoms with E-state index in [0.29, 0.717) is 25.7 Å². The summed E-state index contributed by atoms with van der Waals surface area (Å²) >= 11 is 0. The van der Waals surface area contributed by atoms with Gasteiger partial charge in [-0.05, 0) is 54.4 Å². The number of carbonyl (C=O) groups is 4. The molecule has 0 saturated heterocycles. The van der Waals surface area contributed by atoms with E-state index in [4.69, 9.17) is 14.6 Å². The second kappa shape index (κ2) is 21.0. The number of aliphatic hydroxyl groups is 4. The van der Waals surface area contributed by atoms with E-state index in [2.05, 4.69) is 26.0 Å². The predicted molar refractivity (Wildman–Crippen MR) is 156 cm³/mol. The van der Waals surface area contributed by atoms with Crippen molar-refractivity contribution in [2.75, 3.05) is 20.2 Å². The molecule has 43 heavy (non-hydrogen) atoms. The van der Waals surface area contributed by atoms with Crippen molar-refractivity contribution < 1.29 is 58.9 Å². The van der Waals surface area contributed by atoms with E-state index >= 15 is 0 Å². The standard InChI is InChI=1S/C14H28N2O6.C13H26N2O6/c1-6-7-9(16-13(20)22-14(2,3)4)11(18)12(19)15-8-10(17)21-5;1-5-6-8(15-12(20)21-13(2,3)4)10(18)11(19)14-7-9(16)17/h9,11-12,15,18-19H,6-8H2,1-5H3,(H,16,20);8,10-11,14,18-19H,5-7H2,1-4H3,(H,15,20)(H,16,17)/t9?,11?,12-;8?,10?,11-/m00/s1. The number of aliphatic hydroxyl groups excluding tert-OH is 4. The van der Waals surface area contributed by atoms with Crippen molar-refractivity contribution >= 4 is 24.1 Å². The highest BCUT2D eigenvalue weighted by atomic mass is 16.6. The highest BCUT2D eigenvalue weighted by Gasteiger charge is 2.30. The van der Waals surface area contributed by atoms with Gasteiger partial charge >= 0.3 is 24.1 Å². The van der Waals surface area contributed by atoms with Crippen LogP contribution < -0.4 is 21.3 Å². The Balaban J connectivity index is 0. The van der Waals surface area contributed by atoms with Crippen molar-refractivity contribution in [3.05, 3.63) is 0 Å². The normalized spacial score (nSPS) is 15.7. The molecule has 0 aromatic heterocycles. The second-order valence-corrected chi connectivity index (χ2v) is 11.7. The Bertz CT molecular complexity index is 832. The van der Waals surface area contributed by atoms with Crippen molar-refractivity contribution in [2.24, 2.45) is 0 Å². The smallest absolute Gasteiger partial charge is 0.407 e. The fraction of sp³-hybridized carbons (Fsp3) is 0.852. The maximum absolute atomic E-state index is 11.8. The zero-order valence-corrected chi connectivity index (χ0v) is 26.8. The molecule has 0 aliphatic heterocycles. The lowest BCUT2D eigenvalue weighted by Crippen LogP contribution is -2.54. The molecule has 4 unspecified atom stereocenters. The van der Waals surface area contributed by atoms with Crippen LogP contribution >= 0.6 is 0 Å². The molecule has 0 saturated carbocycles. The van der Waals surface area contributed by atoms with Gasteiger partial charge in [0.25, 0.3) is 0 Å². The topological polar surface area (TPSA) is 245 Å². The molecule has 0 radical (unpaired) electrons. The highest BCUT2D eigenvalue weighted by molar-refractivity contribution is 5.71. The van der Waals surface area contributed by atoms with Crippen molar-refractivity contribution in [1.29, 1.82) is 0 Å². The minimum absolute atomic E-state index is 0.250. The summed E-state index contributed by atoms with van der Waals surface area (Å²) in [5.74, 6) is -1.73. The van der Waals surface area contributed by atoms with E-state index in [1.54, 1.807) is 41.5 Å². The number of aliphatic carboxylic acids is 1. The predicted octanol–water partition coefficient (Wildman–Crippen LogP) is 0.155. The van der Waals surface area contributed by atoms with Crippen LogP contribution in [0.15, 0.2) is 0 Å². The summed E-state index contributed by atoms with van der Waals surface area (Å²) in [5, 5.41) is 57.9. The second-order valence-electron chi connectivity index (χ2n) is 11.7. The zero-order valence-electron chi connectivity index (χ0n) is 26.8. The van der Waals surface area contributed by atoms with Gasteiger partial charge in [0, 0.05) is 0 Å². The Morgan fingerprint density at radius 2 is 1.02 bits per heavy atom. The molecule has 16 heteroatoms. The molecule has 254 valence electrons. The van der Waals surface area contributed by atoms with Gasteiger partial charge in [-0.3, -0.25) is 20.2 Å². The van der Waals surface area contributed by atoms with E-state index in [1.165, 1.54) is 7.11 Å². The van der Waals surface area contributed by atoms with Crippen molar-refractivity contribution in [1.82, 2.24) is 21.3 Å². The molecule has 0 bridgehead atoms. The number of carbonyl (C=O) groups excluding carboxylic acids is 3. The van der Waals surface area contributed by atoms with E-state index in [0.717, 1.165) is 0 Å². The van der Waals surface area contributed by atoms with Crippen molar-refractivity contribution in [3.8, 4) is 0 Å². The van der Waals surface area contributed by atoms with Gasteiger partial charge in [-0.1, -0.05) is 26.7 Å². The van der Waals surface area contributed by atoms with Gasteiger partial charge in [-0.2, -0.15) is 0 Å². The van der Waals surface area contributed by atoms with Crippen LogP contribution in [0.1, 0.15) is 81.1 Å². The summed E-state index contributed by atoms with van der Waals surface area (Å²) in [4.78, 5) is 44.9. The Hall–Kier alpha value is -2.76. The Morgan fingerprint density at radius 1 is 0.674 bits per heavy atom. The maximum atomic E-state index is 11.8. The third kappa shape index (κ3) is 22.4. The molecule has 6 atom stereocenters. The van der Waals surface area contributed by atoms with E-state index in [-0.39, 0.29) is 6.54 Å². The van der Waals surface area contributed by atoms with Crippen LogP contribution in [0, 0.1) is 0 Å². The highest BCUT2D eigenvalue weighted by Crippen LogP contribution is 2.11. The molecule has 0 spiro atoms. The number of amides is 2. The lowest BCUT2D eigenvalue weighted by molar-refractivity contribution is -0.141. The number of carboxylic acid groups (broad SMARTS) is 1. The van der Waals surface area contributed by atoms with Gasteiger partial charge in [0.15, 0.2) is 0 Å². The Morgan fingerprint density at radius 3 is 1.30 bits per heavy atom. The molecule has 0 aromatic carbocycles. The van der Waals surface area contributed by atoms with Crippen LogP contribution in [-0.4, -0.2) is 118 Å². The lowest BCUT2D eigenvalue weighted by Gasteiger charge is -2.29. The van der Waals surface area contributed by atoms with Gasteiger partial charge < -0.3 is 50.4 Å². The number of esters is 1. The first kappa shape index (κ1) is 42.4. The minimum Gasteiger partial charge on any atom is -0.480 e. The Kier molecular flexibility index (Phi) is 20.7. The largest absolute Gasteiger partial charge is 0.480 e. The summed E-state index contributed by atoms with van der Waals surface area (Å²) in [6.07, 6.45) is -4.68. The minimum atomic E-state index is -1.47. The molecule has 0 aliphatic rings. The molecule has 2 amide bonds. The van der Waals surface area contributed by atoms with E-state index in [1.807, 2.05) is 13.8 Å². The molecule has 0 heterocycles. The van der Waals surface area contributed by atoms with Gasteiger partial charge in [0.05, 0.1) is 32.3 Å². The summed E-state index contributed by atoms with van der Waals surface area (Å²) in [7, 11) is 1.22. The number of nitrogens with one attached hydrogen (secondary N) is 4. The average Bonchev–Trinajstić information content (AvgIpc) is 2.86. The number of rotatable bonds is 16. The molecular formula is C27H54N4O12. The van der Waals surface area contributed by atoms with Gasteiger partial charge in [0.2, 0.25) is 0 Å². The zero-order chi connectivity index (χ0) is 34.0. The number of ether oxygens (including phenoxy) is 3. The fourth-order valence-electron chi connectivity index (χ4n) is 3.33. The van der Waals surface area contributed by atoms with Crippen LogP contribution in [0.3, 0.4) is 0 Å². The SMILES string of the molecule is CCCC(NC(=O)OC(C)(C)C)C(O)[C@H](O)NCC(=O)O.CCCC(NC(=O)OC(C)(C)C)C(O)[C@H](O)NCC(=O)OC. The summed E-state index contributed by atoms with van der Waals surface area (Å²) in [6.45, 7) is 13.3. The summed E-state index contributed by atoms with van der Waals surface area (Å²) < 4.78 is 14.6. The molecule has 9 N–H and O–H groups in total. The number of alkyl carbamates (subject to hydrolysis) is 2. The molecule has 0 aromatic rings.